The number of rotatable bonds is 18. The monoisotopic (exact) mass is 728 g/mol. The Balaban J connectivity index is 1.85. The van der Waals surface area contributed by atoms with Gasteiger partial charge in [-0.3, -0.25) is 4.79 Å². The van der Waals surface area contributed by atoms with Gasteiger partial charge in [-0.05, 0) is 41.5 Å². The van der Waals surface area contributed by atoms with Crippen LogP contribution in [0.15, 0.2) is 70.0 Å². The van der Waals surface area contributed by atoms with Crippen molar-refractivity contribution in [2.24, 2.45) is 17.0 Å². The highest BCUT2D eigenvalue weighted by molar-refractivity contribution is 7.89. The molecule has 1 aromatic heterocycles. The number of benzene rings is 2. The van der Waals surface area contributed by atoms with Crippen LogP contribution >= 0.6 is 11.3 Å². The highest BCUT2D eigenvalue weighted by atomic mass is 32.2. The predicted molar refractivity (Wildman–Crippen MR) is 197 cm³/mol. The zero-order valence-corrected chi connectivity index (χ0v) is 31.6. The number of nitrogens with one attached hydrogen (secondary N) is 2. The third kappa shape index (κ3) is 11.6. The van der Waals surface area contributed by atoms with Crippen molar-refractivity contribution in [3.05, 3.63) is 81.8 Å². The van der Waals surface area contributed by atoms with Gasteiger partial charge in [0.2, 0.25) is 15.9 Å². The van der Waals surface area contributed by atoms with Crippen LogP contribution in [0.5, 0.6) is 0 Å². The lowest BCUT2D eigenvalue weighted by Gasteiger charge is -2.33. The minimum absolute atomic E-state index is 0.0193. The number of aliphatic hydroxyl groups excluding tert-OH is 1. The van der Waals surface area contributed by atoms with E-state index in [4.69, 9.17) is 5.21 Å². The van der Waals surface area contributed by atoms with Crippen molar-refractivity contribution in [1.82, 2.24) is 24.8 Å². The maximum absolute atomic E-state index is 14.0. The molecule has 50 heavy (non-hydrogen) atoms. The third-order valence-corrected chi connectivity index (χ3v) is 11.4. The quantitative estimate of drug-likeness (QED) is 0.0808. The molecule has 0 spiro atoms. The molecule has 0 saturated carbocycles. The number of sulfonamides is 1. The Labute approximate surface area is 300 Å². The molecular weight excluding hydrogens is 677 g/mol. The van der Waals surface area contributed by atoms with Crippen molar-refractivity contribution in [2.45, 2.75) is 89.9 Å². The number of aliphatic hydroxyl groups is 1. The van der Waals surface area contributed by atoms with Gasteiger partial charge in [-0.2, -0.15) is 4.31 Å². The zero-order chi connectivity index (χ0) is 37.0. The van der Waals surface area contributed by atoms with E-state index in [0.29, 0.717) is 12.0 Å². The smallest absolute Gasteiger partial charge is 0.318 e. The summed E-state index contributed by atoms with van der Waals surface area (Å²) in [7, 11) is -2.41. The first-order valence-corrected chi connectivity index (χ1v) is 19.2. The average molecular weight is 729 g/mol. The summed E-state index contributed by atoms with van der Waals surface area (Å²) in [5.41, 5.74) is 2.12. The summed E-state index contributed by atoms with van der Waals surface area (Å²) in [6, 6.07) is 13.0. The number of oxime groups is 1. The van der Waals surface area contributed by atoms with Crippen LogP contribution in [-0.4, -0.2) is 89.4 Å². The summed E-state index contributed by atoms with van der Waals surface area (Å²) in [5, 5.41) is 32.3. The Morgan fingerprint density at radius 3 is 2.22 bits per heavy atom. The summed E-state index contributed by atoms with van der Waals surface area (Å²) in [5.74, 6) is -0.507. The predicted octanol–water partition coefficient (Wildman–Crippen LogP) is 5.07. The molecule has 3 aromatic rings. The van der Waals surface area contributed by atoms with Crippen molar-refractivity contribution < 1.29 is 28.3 Å². The van der Waals surface area contributed by atoms with Crippen LogP contribution in [-0.2, 0) is 27.8 Å². The molecule has 0 aliphatic rings. The Bertz CT molecular complexity index is 1650. The second-order valence-electron chi connectivity index (χ2n) is 13.4. The van der Waals surface area contributed by atoms with Crippen LogP contribution in [0.4, 0.5) is 4.79 Å². The van der Waals surface area contributed by atoms with Gasteiger partial charge in [0, 0.05) is 31.4 Å². The first-order valence-electron chi connectivity index (χ1n) is 16.9. The molecule has 0 aliphatic heterocycles. The van der Waals surface area contributed by atoms with E-state index in [-0.39, 0.29) is 48.7 Å². The lowest BCUT2D eigenvalue weighted by atomic mass is 9.96. The van der Waals surface area contributed by atoms with Crippen LogP contribution in [0.3, 0.4) is 0 Å². The van der Waals surface area contributed by atoms with Crippen molar-refractivity contribution >= 4 is 39.5 Å². The fourth-order valence-corrected chi connectivity index (χ4v) is 7.75. The maximum atomic E-state index is 14.0. The molecule has 0 fully saturated rings. The molecule has 0 saturated heterocycles. The minimum atomic E-state index is -4.06. The van der Waals surface area contributed by atoms with Gasteiger partial charge in [-0.15, -0.1) is 11.3 Å². The molecule has 14 heteroatoms. The number of urea groups is 1. The molecule has 4 atom stereocenters. The van der Waals surface area contributed by atoms with Crippen molar-refractivity contribution in [3.8, 4) is 0 Å². The normalized spacial score (nSPS) is 14.5. The summed E-state index contributed by atoms with van der Waals surface area (Å²) in [6.45, 7) is 11.8. The maximum Gasteiger partial charge on any atom is 0.318 e. The van der Waals surface area contributed by atoms with Gasteiger partial charge >= 0.3 is 6.03 Å². The topological polar surface area (TPSA) is 165 Å². The summed E-state index contributed by atoms with van der Waals surface area (Å²) in [6.07, 6.45) is 0.714. The van der Waals surface area contributed by atoms with E-state index in [0.717, 1.165) is 16.3 Å². The van der Waals surface area contributed by atoms with E-state index >= 15 is 0 Å². The Morgan fingerprint density at radius 2 is 1.66 bits per heavy atom. The number of aromatic nitrogens is 1. The number of carbonyl (C=O) groups is 2. The van der Waals surface area contributed by atoms with Crippen LogP contribution in [0.1, 0.15) is 75.7 Å². The fraction of sp³-hybridized carbons (Fsp3) is 0.500. The third-order valence-electron chi connectivity index (χ3n) is 8.36. The molecule has 3 rings (SSSR count). The fourth-order valence-electron chi connectivity index (χ4n) is 5.30. The highest BCUT2D eigenvalue weighted by Crippen LogP contribution is 2.22. The van der Waals surface area contributed by atoms with Gasteiger partial charge < -0.3 is 25.8 Å². The summed E-state index contributed by atoms with van der Waals surface area (Å²) >= 11 is 1.55. The first-order chi connectivity index (χ1) is 23.7. The molecule has 12 nitrogen and oxygen atoms in total. The van der Waals surface area contributed by atoms with Crippen molar-refractivity contribution in [3.63, 3.8) is 0 Å². The van der Waals surface area contributed by atoms with Crippen molar-refractivity contribution in [2.75, 3.05) is 20.1 Å². The Morgan fingerprint density at radius 1 is 1.00 bits per heavy atom. The molecule has 3 amide bonds. The SMILES string of the molecule is CC[C@H](C)[C@H](NC(=O)N(C)Cc1csc(C(C)C)n1)C(=O)N[C@@H](Cc1ccccc1)[C@H](O)CN(CC(C)C)S(=O)(=O)c1ccc(C=NO)cc1. The lowest BCUT2D eigenvalue weighted by Crippen LogP contribution is -2.58. The van der Waals surface area contributed by atoms with Gasteiger partial charge in [0.15, 0.2) is 0 Å². The standard InChI is InChI=1S/C36H52N6O6S2/c1-8-26(6)33(40-36(45)41(7)21-29-23-49-35(38-29)25(4)5)34(44)39-31(18-27-12-10-9-11-13-27)32(43)22-42(20-24(2)3)50(47,48)30-16-14-28(15-17-30)19-37-46/h9-17,19,23-26,31-33,43,46H,8,18,20-22H2,1-7H3,(H,39,44)(H,40,45)/t26-,31-,32+,33-/m0/s1. The molecule has 274 valence electrons. The number of amides is 3. The van der Waals surface area contributed by atoms with E-state index in [9.17, 15) is 23.1 Å². The lowest BCUT2D eigenvalue weighted by molar-refractivity contribution is -0.125. The van der Waals surface area contributed by atoms with E-state index in [1.807, 2.05) is 63.4 Å². The van der Waals surface area contributed by atoms with E-state index in [1.165, 1.54) is 39.7 Å². The van der Waals surface area contributed by atoms with Crippen LogP contribution in [0, 0.1) is 11.8 Å². The van der Waals surface area contributed by atoms with Crippen LogP contribution < -0.4 is 10.6 Å². The van der Waals surface area contributed by atoms with Gasteiger partial charge in [0.05, 0.1) is 40.5 Å². The minimum Gasteiger partial charge on any atom is -0.411 e. The molecule has 0 bridgehead atoms. The number of carbonyl (C=O) groups excluding carboxylic acids is 2. The van der Waals surface area contributed by atoms with E-state index < -0.39 is 40.1 Å². The summed E-state index contributed by atoms with van der Waals surface area (Å²) in [4.78, 5) is 33.5. The number of hydrogen-bond donors (Lipinski definition) is 4. The number of hydrogen-bond acceptors (Lipinski definition) is 9. The Hall–Kier alpha value is -3.85. The van der Waals surface area contributed by atoms with E-state index in [2.05, 4.69) is 34.6 Å². The zero-order valence-electron chi connectivity index (χ0n) is 30.0. The van der Waals surface area contributed by atoms with Gasteiger partial charge in [0.25, 0.3) is 0 Å². The average Bonchev–Trinajstić information content (AvgIpc) is 3.55. The van der Waals surface area contributed by atoms with Crippen LogP contribution in [0.2, 0.25) is 0 Å². The molecule has 1 heterocycles. The molecule has 4 N–H and O–H groups in total. The van der Waals surface area contributed by atoms with Crippen molar-refractivity contribution in [1.29, 1.82) is 0 Å². The molecule has 0 unspecified atom stereocenters. The second-order valence-corrected chi connectivity index (χ2v) is 16.2. The van der Waals surface area contributed by atoms with Gasteiger partial charge in [0.1, 0.15) is 6.04 Å². The second kappa shape index (κ2) is 18.9. The molecule has 2 aromatic carbocycles. The Kier molecular flexibility index (Phi) is 15.4. The van der Waals surface area contributed by atoms with E-state index in [1.54, 1.807) is 18.4 Å². The summed E-state index contributed by atoms with van der Waals surface area (Å²) < 4.78 is 28.9. The first kappa shape index (κ1) is 40.6. The van der Waals surface area contributed by atoms with Gasteiger partial charge in [-0.25, -0.2) is 18.2 Å². The number of nitrogens with zero attached hydrogens (tertiary/aromatic N) is 4. The molecular formula is C36H52N6O6S2. The number of thiazole rings is 1. The van der Waals surface area contributed by atoms with Gasteiger partial charge in [-0.1, -0.05) is 95.6 Å². The molecule has 0 aliphatic carbocycles. The van der Waals surface area contributed by atoms with Crippen LogP contribution in [0.25, 0.3) is 0 Å². The highest BCUT2D eigenvalue weighted by Gasteiger charge is 2.34. The molecule has 0 radical (unpaired) electrons. The largest absolute Gasteiger partial charge is 0.411 e.